The lowest BCUT2D eigenvalue weighted by Gasteiger charge is -2.11. The van der Waals surface area contributed by atoms with Gasteiger partial charge in [-0.2, -0.15) is 0 Å². The quantitative estimate of drug-likeness (QED) is 0.747. The van der Waals surface area contributed by atoms with E-state index in [4.69, 9.17) is 9.15 Å². The van der Waals surface area contributed by atoms with E-state index in [1.54, 1.807) is 7.11 Å². The summed E-state index contributed by atoms with van der Waals surface area (Å²) in [6.45, 7) is 4.09. The zero-order valence-corrected chi connectivity index (χ0v) is 14.4. The minimum atomic E-state index is -0.0276. The van der Waals surface area contributed by atoms with Gasteiger partial charge in [-0.15, -0.1) is 10.2 Å². The summed E-state index contributed by atoms with van der Waals surface area (Å²) < 4.78 is 10.7. The van der Waals surface area contributed by atoms with E-state index in [9.17, 15) is 4.79 Å². The van der Waals surface area contributed by atoms with Crippen LogP contribution in [0.3, 0.4) is 0 Å². The van der Waals surface area contributed by atoms with E-state index in [-0.39, 0.29) is 17.7 Å². The Labute approximate surface area is 140 Å². The van der Waals surface area contributed by atoms with Crippen LogP contribution in [0.25, 0.3) is 11.5 Å². The maximum absolute atomic E-state index is 11.8. The second-order valence-electron chi connectivity index (χ2n) is 5.15. The molecular formula is C16H21N3O3S. The van der Waals surface area contributed by atoms with E-state index in [1.807, 2.05) is 31.2 Å². The lowest BCUT2D eigenvalue weighted by atomic mass is 10.2. The van der Waals surface area contributed by atoms with Crippen molar-refractivity contribution in [2.45, 2.75) is 38.0 Å². The van der Waals surface area contributed by atoms with Crippen molar-refractivity contribution >= 4 is 17.7 Å². The molecule has 7 heteroatoms. The van der Waals surface area contributed by atoms with Gasteiger partial charge in [-0.05, 0) is 37.6 Å². The molecule has 0 radical (unpaired) electrons. The highest BCUT2D eigenvalue weighted by Gasteiger charge is 2.12. The molecule has 1 N–H and O–H groups in total. The number of carbonyl (C=O) groups is 1. The van der Waals surface area contributed by atoms with Crippen LogP contribution in [0, 0.1) is 0 Å². The van der Waals surface area contributed by atoms with Gasteiger partial charge in [-0.25, -0.2) is 0 Å². The minimum Gasteiger partial charge on any atom is -0.497 e. The Balaban J connectivity index is 1.88. The van der Waals surface area contributed by atoms with Crippen LogP contribution in [0.1, 0.15) is 26.7 Å². The smallest absolute Gasteiger partial charge is 0.277 e. The third kappa shape index (κ3) is 5.28. The van der Waals surface area contributed by atoms with Crippen LogP contribution in [-0.4, -0.2) is 35.0 Å². The zero-order chi connectivity index (χ0) is 16.7. The number of nitrogens with one attached hydrogen (secondary N) is 1. The maximum Gasteiger partial charge on any atom is 0.277 e. The summed E-state index contributed by atoms with van der Waals surface area (Å²) in [4.78, 5) is 11.8. The molecule has 0 saturated carbocycles. The summed E-state index contributed by atoms with van der Waals surface area (Å²) in [5, 5.41) is 11.3. The summed E-state index contributed by atoms with van der Waals surface area (Å²) in [6.07, 6.45) is 2.02. The molecular weight excluding hydrogens is 314 g/mol. The van der Waals surface area contributed by atoms with Crippen molar-refractivity contribution in [3.63, 3.8) is 0 Å². The van der Waals surface area contributed by atoms with Crippen LogP contribution in [0.5, 0.6) is 5.75 Å². The van der Waals surface area contributed by atoms with E-state index in [0.717, 1.165) is 24.2 Å². The van der Waals surface area contributed by atoms with E-state index >= 15 is 0 Å². The second-order valence-corrected chi connectivity index (χ2v) is 6.07. The van der Waals surface area contributed by atoms with Crippen molar-refractivity contribution in [1.29, 1.82) is 0 Å². The van der Waals surface area contributed by atoms with Gasteiger partial charge in [-0.1, -0.05) is 25.1 Å². The van der Waals surface area contributed by atoms with Gasteiger partial charge in [-0.3, -0.25) is 4.79 Å². The number of methoxy groups -OCH3 is 1. The van der Waals surface area contributed by atoms with Gasteiger partial charge < -0.3 is 14.5 Å². The third-order valence-corrected chi connectivity index (χ3v) is 4.02. The van der Waals surface area contributed by atoms with Crippen LogP contribution in [0.2, 0.25) is 0 Å². The second kappa shape index (κ2) is 8.57. The van der Waals surface area contributed by atoms with Gasteiger partial charge in [0.05, 0.1) is 12.9 Å². The third-order valence-electron chi connectivity index (χ3n) is 3.20. The zero-order valence-electron chi connectivity index (χ0n) is 13.5. The number of benzene rings is 1. The number of carbonyl (C=O) groups excluding carboxylic acids is 1. The summed E-state index contributed by atoms with van der Waals surface area (Å²) in [5.74, 6) is 1.42. The van der Waals surface area contributed by atoms with Crippen molar-refractivity contribution in [1.82, 2.24) is 15.5 Å². The monoisotopic (exact) mass is 335 g/mol. The molecule has 1 aromatic heterocycles. The number of nitrogens with zero attached hydrogens (tertiary/aromatic N) is 2. The van der Waals surface area contributed by atoms with Crippen LogP contribution in [0.15, 0.2) is 33.9 Å². The van der Waals surface area contributed by atoms with Crippen LogP contribution < -0.4 is 10.1 Å². The van der Waals surface area contributed by atoms with Crippen LogP contribution in [0.4, 0.5) is 0 Å². The summed E-state index contributed by atoms with van der Waals surface area (Å²) in [5.41, 5.74) is 0.811. The van der Waals surface area contributed by atoms with Gasteiger partial charge in [0.2, 0.25) is 11.8 Å². The van der Waals surface area contributed by atoms with Crippen LogP contribution >= 0.6 is 11.8 Å². The molecule has 0 aliphatic heterocycles. The van der Waals surface area contributed by atoms with Crippen molar-refractivity contribution in [2.75, 3.05) is 12.9 Å². The largest absolute Gasteiger partial charge is 0.497 e. The minimum absolute atomic E-state index is 0.0276. The first-order chi connectivity index (χ1) is 11.1. The lowest BCUT2D eigenvalue weighted by Crippen LogP contribution is -2.33. The van der Waals surface area contributed by atoms with Gasteiger partial charge in [0.1, 0.15) is 5.75 Å². The lowest BCUT2D eigenvalue weighted by molar-refractivity contribution is -0.119. The average molecular weight is 335 g/mol. The fourth-order valence-electron chi connectivity index (χ4n) is 2.07. The fraction of sp³-hybridized carbons (Fsp3) is 0.438. The topological polar surface area (TPSA) is 77.2 Å². The van der Waals surface area contributed by atoms with Gasteiger partial charge in [0.15, 0.2) is 0 Å². The first kappa shape index (κ1) is 17.3. The van der Waals surface area contributed by atoms with E-state index in [0.29, 0.717) is 11.1 Å². The molecule has 124 valence electrons. The Morgan fingerprint density at radius 2 is 2.09 bits per heavy atom. The number of hydrogen-bond acceptors (Lipinski definition) is 6. The number of ether oxygens (including phenoxy) is 1. The maximum atomic E-state index is 11.8. The van der Waals surface area contributed by atoms with Crippen molar-refractivity contribution in [3.8, 4) is 17.2 Å². The molecule has 0 saturated heterocycles. The molecule has 0 aliphatic carbocycles. The van der Waals surface area contributed by atoms with Crippen molar-refractivity contribution in [2.24, 2.45) is 0 Å². The number of aromatic nitrogens is 2. The Kier molecular flexibility index (Phi) is 6.46. The number of hydrogen-bond donors (Lipinski definition) is 1. The SMILES string of the molecule is CCC[C@@H](C)NC(=O)CSc1nnc(-c2ccc(OC)cc2)o1. The van der Waals surface area contributed by atoms with Crippen LogP contribution in [-0.2, 0) is 4.79 Å². The average Bonchev–Trinajstić information content (AvgIpc) is 3.02. The summed E-state index contributed by atoms with van der Waals surface area (Å²) >= 11 is 1.23. The highest BCUT2D eigenvalue weighted by atomic mass is 32.2. The molecule has 23 heavy (non-hydrogen) atoms. The Morgan fingerprint density at radius 3 is 2.74 bits per heavy atom. The van der Waals surface area contributed by atoms with E-state index in [1.165, 1.54) is 11.8 Å². The van der Waals surface area contributed by atoms with Gasteiger partial charge in [0.25, 0.3) is 5.22 Å². The molecule has 0 aliphatic rings. The predicted octanol–water partition coefficient (Wildman–Crippen LogP) is 3.14. The molecule has 1 heterocycles. The molecule has 0 bridgehead atoms. The van der Waals surface area contributed by atoms with Crippen molar-refractivity contribution in [3.05, 3.63) is 24.3 Å². The Hall–Kier alpha value is -2.02. The molecule has 0 fully saturated rings. The summed E-state index contributed by atoms with van der Waals surface area (Å²) in [6, 6.07) is 7.54. The number of rotatable bonds is 8. The highest BCUT2D eigenvalue weighted by molar-refractivity contribution is 7.99. The van der Waals surface area contributed by atoms with E-state index in [2.05, 4.69) is 22.4 Å². The van der Waals surface area contributed by atoms with Gasteiger partial charge in [0, 0.05) is 11.6 Å². The molecule has 6 nitrogen and oxygen atoms in total. The number of amides is 1. The molecule has 0 unspecified atom stereocenters. The Morgan fingerprint density at radius 1 is 1.35 bits per heavy atom. The van der Waals surface area contributed by atoms with E-state index < -0.39 is 0 Å². The molecule has 2 rings (SSSR count). The molecule has 1 aromatic carbocycles. The molecule has 1 atom stereocenters. The molecule has 0 spiro atoms. The molecule has 2 aromatic rings. The highest BCUT2D eigenvalue weighted by Crippen LogP contribution is 2.24. The normalized spacial score (nSPS) is 12.0. The molecule has 1 amide bonds. The first-order valence-electron chi connectivity index (χ1n) is 7.52. The first-order valence-corrected chi connectivity index (χ1v) is 8.51. The number of thioether (sulfide) groups is 1. The predicted molar refractivity (Wildman–Crippen MR) is 89.5 cm³/mol. The van der Waals surface area contributed by atoms with Crippen molar-refractivity contribution < 1.29 is 13.9 Å². The Bertz CT molecular complexity index is 628. The van der Waals surface area contributed by atoms with Gasteiger partial charge >= 0.3 is 0 Å². The fourth-order valence-corrected chi connectivity index (χ4v) is 2.64. The standard InChI is InChI=1S/C16H21N3O3S/c1-4-5-11(2)17-14(20)10-23-16-19-18-15(22-16)12-6-8-13(21-3)9-7-12/h6-9,11H,4-5,10H2,1-3H3,(H,17,20)/t11-/m1/s1. The summed E-state index contributed by atoms with van der Waals surface area (Å²) in [7, 11) is 1.61.